The summed E-state index contributed by atoms with van der Waals surface area (Å²) in [5.74, 6) is 0.384. The summed E-state index contributed by atoms with van der Waals surface area (Å²) in [6.07, 6.45) is 3.53. The lowest BCUT2D eigenvalue weighted by atomic mass is 10.2. The maximum absolute atomic E-state index is 11.5. The zero-order chi connectivity index (χ0) is 17.9. The number of ether oxygens (including phenoxy) is 1. The van der Waals surface area contributed by atoms with Crippen LogP contribution in [0.4, 0.5) is 4.79 Å². The van der Waals surface area contributed by atoms with E-state index in [2.05, 4.69) is 10.4 Å². The van der Waals surface area contributed by atoms with Crippen LogP contribution in [0.2, 0.25) is 0 Å². The van der Waals surface area contributed by atoms with E-state index in [0.29, 0.717) is 18.1 Å². The summed E-state index contributed by atoms with van der Waals surface area (Å²) < 4.78 is 7.69. The number of amides is 2. The predicted octanol–water partition coefficient (Wildman–Crippen LogP) is 3.44. The van der Waals surface area contributed by atoms with Crippen molar-refractivity contribution >= 4 is 39.9 Å². The number of carbonyl (C=O) groups excluding carboxylic acids is 2. The van der Waals surface area contributed by atoms with Gasteiger partial charge >= 0.3 is 0 Å². The van der Waals surface area contributed by atoms with E-state index in [1.54, 1.807) is 6.08 Å². The molecule has 0 aliphatic carbocycles. The molecule has 3 aromatic rings. The molecule has 1 N–H and O–H groups in total. The van der Waals surface area contributed by atoms with E-state index in [-0.39, 0.29) is 11.1 Å². The molecule has 1 fully saturated rings. The Morgan fingerprint density at radius 1 is 1.12 bits per heavy atom. The number of imide groups is 1. The first-order valence-corrected chi connectivity index (χ1v) is 8.89. The minimum atomic E-state index is -0.355. The minimum Gasteiger partial charge on any atom is -0.492 e. The quantitative estimate of drug-likeness (QED) is 0.701. The summed E-state index contributed by atoms with van der Waals surface area (Å²) in [5, 5.41) is 7.38. The van der Waals surface area contributed by atoms with Crippen LogP contribution >= 0.6 is 11.8 Å². The van der Waals surface area contributed by atoms with Gasteiger partial charge in [-0.05, 0) is 41.6 Å². The molecule has 0 radical (unpaired) electrons. The molecule has 4 rings (SSSR count). The SMILES string of the molecule is O=C1NC(=O)C(=Cc2ccc(OCCn3ncc4ccccc43)cc2)S1. The number of carbonyl (C=O) groups is 2. The second-order valence-electron chi connectivity index (χ2n) is 5.70. The van der Waals surface area contributed by atoms with Crippen LogP contribution in [0, 0.1) is 0 Å². The molecule has 6 nitrogen and oxygen atoms in total. The number of nitrogens with one attached hydrogen (secondary N) is 1. The molecule has 7 heteroatoms. The van der Waals surface area contributed by atoms with E-state index in [1.165, 1.54) is 0 Å². The molecule has 1 aliphatic heterocycles. The molecule has 0 saturated carbocycles. The lowest BCUT2D eigenvalue weighted by Crippen LogP contribution is -2.17. The maximum Gasteiger partial charge on any atom is 0.290 e. The van der Waals surface area contributed by atoms with Crippen LogP contribution in [0.5, 0.6) is 5.75 Å². The fourth-order valence-corrected chi connectivity index (χ4v) is 3.37. The first-order chi connectivity index (χ1) is 12.7. The second-order valence-corrected chi connectivity index (χ2v) is 6.71. The van der Waals surface area contributed by atoms with Gasteiger partial charge < -0.3 is 4.74 Å². The Bertz CT molecular complexity index is 1010. The number of thioether (sulfide) groups is 1. The number of hydrogen-bond acceptors (Lipinski definition) is 5. The molecular weight excluding hydrogens is 350 g/mol. The van der Waals surface area contributed by atoms with Crippen LogP contribution in [0.3, 0.4) is 0 Å². The molecule has 1 saturated heterocycles. The second kappa shape index (κ2) is 7.05. The van der Waals surface area contributed by atoms with Gasteiger partial charge in [0.15, 0.2) is 0 Å². The van der Waals surface area contributed by atoms with Crippen LogP contribution in [0.1, 0.15) is 5.56 Å². The molecule has 0 bridgehead atoms. The van der Waals surface area contributed by atoms with Crippen molar-refractivity contribution in [1.29, 1.82) is 0 Å². The fourth-order valence-electron chi connectivity index (χ4n) is 2.69. The van der Waals surface area contributed by atoms with Crippen LogP contribution in [-0.4, -0.2) is 27.5 Å². The summed E-state index contributed by atoms with van der Waals surface area (Å²) in [6.45, 7) is 1.15. The van der Waals surface area contributed by atoms with Gasteiger partial charge in [0, 0.05) is 5.39 Å². The van der Waals surface area contributed by atoms with Crippen molar-refractivity contribution in [3.63, 3.8) is 0 Å². The molecule has 2 heterocycles. The van der Waals surface area contributed by atoms with Gasteiger partial charge in [-0.15, -0.1) is 0 Å². The van der Waals surface area contributed by atoms with Crippen LogP contribution in [0.15, 0.2) is 59.6 Å². The van der Waals surface area contributed by atoms with Gasteiger partial charge in [-0.25, -0.2) is 0 Å². The Morgan fingerprint density at radius 3 is 2.69 bits per heavy atom. The van der Waals surface area contributed by atoms with Crippen molar-refractivity contribution in [3.8, 4) is 5.75 Å². The van der Waals surface area contributed by atoms with Crippen molar-refractivity contribution < 1.29 is 14.3 Å². The van der Waals surface area contributed by atoms with Crippen molar-refractivity contribution in [2.45, 2.75) is 6.54 Å². The molecule has 26 heavy (non-hydrogen) atoms. The molecule has 1 aromatic heterocycles. The summed E-state index contributed by atoms with van der Waals surface area (Å²) in [4.78, 5) is 23.1. The number of hydrogen-bond donors (Lipinski definition) is 1. The van der Waals surface area contributed by atoms with E-state index < -0.39 is 0 Å². The molecule has 2 amide bonds. The lowest BCUT2D eigenvalue weighted by Gasteiger charge is -2.07. The van der Waals surface area contributed by atoms with E-state index >= 15 is 0 Å². The van der Waals surface area contributed by atoms with E-state index in [9.17, 15) is 9.59 Å². The van der Waals surface area contributed by atoms with E-state index in [0.717, 1.165) is 34.0 Å². The molecule has 2 aromatic carbocycles. The first-order valence-electron chi connectivity index (χ1n) is 8.07. The molecule has 0 atom stereocenters. The number of benzene rings is 2. The largest absolute Gasteiger partial charge is 0.492 e. The highest BCUT2D eigenvalue weighted by Crippen LogP contribution is 2.26. The Balaban J connectivity index is 1.37. The average molecular weight is 365 g/mol. The Morgan fingerprint density at radius 2 is 1.92 bits per heavy atom. The lowest BCUT2D eigenvalue weighted by molar-refractivity contribution is -0.115. The zero-order valence-electron chi connectivity index (χ0n) is 13.7. The first kappa shape index (κ1) is 16.4. The third-order valence-corrected chi connectivity index (χ3v) is 4.75. The number of nitrogens with zero attached hydrogens (tertiary/aromatic N) is 2. The summed E-state index contributed by atoms with van der Waals surface area (Å²) in [5.41, 5.74) is 1.92. The third kappa shape index (κ3) is 3.48. The van der Waals surface area contributed by atoms with Crippen LogP contribution in [0.25, 0.3) is 17.0 Å². The Labute approximate surface area is 153 Å². The standard InChI is InChI=1S/C19H15N3O3S/c23-18-17(26-19(24)21-18)11-13-5-7-15(8-6-13)25-10-9-22-16-4-2-1-3-14(16)12-20-22/h1-8,11-12H,9-10H2,(H,21,23,24). The van der Waals surface area contributed by atoms with Crippen molar-refractivity contribution in [2.75, 3.05) is 6.61 Å². The maximum atomic E-state index is 11.5. The smallest absolute Gasteiger partial charge is 0.290 e. The summed E-state index contributed by atoms with van der Waals surface area (Å²) >= 11 is 0.906. The van der Waals surface area contributed by atoms with Gasteiger partial charge in [-0.2, -0.15) is 5.10 Å². The molecule has 0 unspecified atom stereocenters. The topological polar surface area (TPSA) is 73.2 Å². The van der Waals surface area contributed by atoms with Crippen molar-refractivity contribution in [3.05, 3.63) is 65.2 Å². The highest BCUT2D eigenvalue weighted by atomic mass is 32.2. The fraction of sp³-hybridized carbons (Fsp3) is 0.105. The van der Waals surface area contributed by atoms with Gasteiger partial charge in [0.25, 0.3) is 11.1 Å². The van der Waals surface area contributed by atoms with Gasteiger partial charge in [0.2, 0.25) is 0 Å². The molecule has 0 spiro atoms. The van der Waals surface area contributed by atoms with Crippen molar-refractivity contribution in [2.24, 2.45) is 0 Å². The van der Waals surface area contributed by atoms with Gasteiger partial charge in [-0.3, -0.25) is 19.6 Å². The molecule has 130 valence electrons. The highest BCUT2D eigenvalue weighted by molar-refractivity contribution is 8.18. The van der Waals surface area contributed by atoms with Crippen LogP contribution in [-0.2, 0) is 11.3 Å². The number of fused-ring (bicyclic) bond motifs is 1. The van der Waals surface area contributed by atoms with Gasteiger partial charge in [0.1, 0.15) is 12.4 Å². The monoisotopic (exact) mass is 365 g/mol. The van der Waals surface area contributed by atoms with E-state index in [1.807, 2.05) is 59.4 Å². The zero-order valence-corrected chi connectivity index (χ0v) is 14.5. The number of para-hydroxylation sites is 1. The Hall–Kier alpha value is -3.06. The van der Waals surface area contributed by atoms with Crippen molar-refractivity contribution in [1.82, 2.24) is 15.1 Å². The molecular formula is C19H15N3O3S. The highest BCUT2D eigenvalue weighted by Gasteiger charge is 2.24. The van der Waals surface area contributed by atoms with Gasteiger partial charge in [0.05, 0.1) is 23.2 Å². The minimum absolute atomic E-state index is 0.340. The third-order valence-electron chi connectivity index (χ3n) is 3.94. The summed E-state index contributed by atoms with van der Waals surface area (Å²) in [7, 11) is 0. The normalized spacial score (nSPS) is 15.6. The van der Waals surface area contributed by atoms with Gasteiger partial charge in [-0.1, -0.05) is 30.3 Å². The average Bonchev–Trinajstić information content (AvgIpc) is 3.19. The number of rotatable bonds is 5. The Kier molecular flexibility index (Phi) is 4.45. The predicted molar refractivity (Wildman–Crippen MR) is 101 cm³/mol. The molecule has 1 aliphatic rings. The number of aromatic nitrogens is 2. The van der Waals surface area contributed by atoms with Crippen LogP contribution < -0.4 is 10.1 Å². The summed E-state index contributed by atoms with van der Waals surface area (Å²) in [6, 6.07) is 15.4. The van der Waals surface area contributed by atoms with E-state index in [4.69, 9.17) is 4.74 Å².